The van der Waals surface area contributed by atoms with E-state index >= 15 is 0 Å². The van der Waals surface area contributed by atoms with Crippen molar-refractivity contribution in [2.75, 3.05) is 0 Å². The SMILES string of the molecule is CC[C@@H](C)N1C=N[C@@H]2C=C(F)C=C1C2. The Hall–Kier alpha value is -1.12. The Balaban J connectivity index is 2.27. The minimum Gasteiger partial charge on any atom is -0.334 e. The van der Waals surface area contributed by atoms with Crippen LogP contribution in [0.1, 0.15) is 26.7 Å². The summed E-state index contributed by atoms with van der Waals surface area (Å²) >= 11 is 0. The Morgan fingerprint density at radius 1 is 1.71 bits per heavy atom. The molecule has 76 valence electrons. The van der Waals surface area contributed by atoms with Gasteiger partial charge in [0.25, 0.3) is 0 Å². The summed E-state index contributed by atoms with van der Waals surface area (Å²) in [7, 11) is 0. The highest BCUT2D eigenvalue weighted by atomic mass is 19.1. The van der Waals surface area contributed by atoms with Crippen LogP contribution in [0.4, 0.5) is 4.39 Å². The Morgan fingerprint density at radius 2 is 2.50 bits per heavy atom. The van der Waals surface area contributed by atoms with E-state index in [1.807, 2.05) is 6.34 Å². The van der Waals surface area contributed by atoms with Crippen LogP contribution in [0.3, 0.4) is 0 Å². The molecule has 3 heteroatoms. The van der Waals surface area contributed by atoms with Crippen molar-refractivity contribution in [3.05, 3.63) is 23.7 Å². The van der Waals surface area contributed by atoms with Gasteiger partial charge in [0, 0.05) is 18.2 Å². The molecule has 1 heterocycles. The first-order valence-corrected chi connectivity index (χ1v) is 5.10. The second-order valence-corrected chi connectivity index (χ2v) is 3.89. The van der Waals surface area contributed by atoms with E-state index in [-0.39, 0.29) is 11.9 Å². The van der Waals surface area contributed by atoms with Crippen molar-refractivity contribution in [3.8, 4) is 0 Å². The lowest BCUT2D eigenvalue weighted by Gasteiger charge is -2.34. The molecule has 0 aromatic heterocycles. The second-order valence-electron chi connectivity index (χ2n) is 3.89. The summed E-state index contributed by atoms with van der Waals surface area (Å²) in [6.45, 7) is 4.25. The van der Waals surface area contributed by atoms with Gasteiger partial charge in [0.05, 0.1) is 12.4 Å². The van der Waals surface area contributed by atoms with Crippen molar-refractivity contribution >= 4 is 6.34 Å². The van der Waals surface area contributed by atoms with Crippen LogP contribution in [-0.2, 0) is 0 Å². The van der Waals surface area contributed by atoms with E-state index < -0.39 is 0 Å². The maximum absolute atomic E-state index is 13.1. The molecule has 2 atom stereocenters. The van der Waals surface area contributed by atoms with Gasteiger partial charge in [-0.25, -0.2) is 4.39 Å². The predicted octanol–water partition coefficient (Wildman–Crippen LogP) is 2.64. The van der Waals surface area contributed by atoms with Crippen LogP contribution >= 0.6 is 0 Å². The minimum absolute atomic E-state index is 0.0234. The standard InChI is InChI=1S/C11H15FN2/c1-3-8(2)14-7-13-10-4-9(12)5-11(14)6-10/h4-5,7-8,10H,3,6H2,1-2H3/t8-,10-/m1/s1. The molecule has 0 saturated carbocycles. The molecule has 0 aromatic rings. The summed E-state index contributed by atoms with van der Waals surface area (Å²) in [5, 5.41) is 0. The Bertz CT molecular complexity index is 317. The number of halogens is 1. The topological polar surface area (TPSA) is 15.6 Å². The fourth-order valence-electron chi connectivity index (χ4n) is 1.82. The number of hydrogen-bond acceptors (Lipinski definition) is 2. The van der Waals surface area contributed by atoms with Crippen LogP contribution in [0.2, 0.25) is 0 Å². The molecule has 1 aliphatic heterocycles. The molecule has 2 nitrogen and oxygen atoms in total. The van der Waals surface area contributed by atoms with Crippen molar-refractivity contribution in [3.63, 3.8) is 0 Å². The number of aliphatic imine (C=N–C) groups is 1. The summed E-state index contributed by atoms with van der Waals surface area (Å²) < 4.78 is 13.1. The predicted molar refractivity (Wildman–Crippen MR) is 55.8 cm³/mol. The van der Waals surface area contributed by atoms with Crippen LogP contribution < -0.4 is 0 Å². The quantitative estimate of drug-likeness (QED) is 0.659. The van der Waals surface area contributed by atoms with Crippen LogP contribution in [0.5, 0.6) is 0 Å². The molecule has 2 rings (SSSR count). The van der Waals surface area contributed by atoms with E-state index in [1.54, 1.807) is 12.2 Å². The maximum Gasteiger partial charge on any atom is 0.123 e. The smallest absolute Gasteiger partial charge is 0.123 e. The average molecular weight is 194 g/mol. The number of fused-ring (bicyclic) bond motifs is 2. The van der Waals surface area contributed by atoms with E-state index in [1.165, 1.54) is 0 Å². The molecule has 0 spiro atoms. The highest BCUT2D eigenvalue weighted by Crippen LogP contribution is 2.28. The molecule has 0 N–H and O–H groups in total. The van der Waals surface area contributed by atoms with Crippen LogP contribution in [0.15, 0.2) is 28.7 Å². The molecule has 0 fully saturated rings. The Kier molecular flexibility index (Phi) is 2.40. The molecule has 0 amide bonds. The lowest BCUT2D eigenvalue weighted by molar-refractivity contribution is 0.362. The van der Waals surface area contributed by atoms with Gasteiger partial charge < -0.3 is 4.90 Å². The first kappa shape index (κ1) is 9.44. The van der Waals surface area contributed by atoms with E-state index in [0.29, 0.717) is 6.04 Å². The van der Waals surface area contributed by atoms with Crippen molar-refractivity contribution in [1.29, 1.82) is 0 Å². The number of hydrogen-bond donors (Lipinski definition) is 0. The normalized spacial score (nSPS) is 27.1. The molecule has 0 saturated heterocycles. The van der Waals surface area contributed by atoms with Gasteiger partial charge in [-0.3, -0.25) is 4.99 Å². The molecule has 0 aromatic carbocycles. The Labute approximate surface area is 83.8 Å². The third-order valence-electron chi connectivity index (χ3n) is 2.85. The fourth-order valence-corrected chi connectivity index (χ4v) is 1.82. The Morgan fingerprint density at radius 3 is 3.21 bits per heavy atom. The van der Waals surface area contributed by atoms with Crippen LogP contribution in [0.25, 0.3) is 0 Å². The summed E-state index contributed by atoms with van der Waals surface area (Å²) in [6, 6.07) is 0.423. The van der Waals surface area contributed by atoms with Crippen molar-refractivity contribution < 1.29 is 4.39 Å². The average Bonchev–Trinajstić information content (AvgIpc) is 2.16. The zero-order valence-electron chi connectivity index (χ0n) is 8.57. The van der Waals surface area contributed by atoms with Crippen LogP contribution in [0, 0.1) is 0 Å². The molecule has 14 heavy (non-hydrogen) atoms. The number of allylic oxidation sites excluding steroid dienone is 2. The van der Waals surface area contributed by atoms with E-state index in [4.69, 9.17) is 0 Å². The first-order valence-electron chi connectivity index (χ1n) is 5.10. The third kappa shape index (κ3) is 1.59. The summed E-state index contributed by atoms with van der Waals surface area (Å²) in [5.41, 5.74) is 1.05. The molecule has 1 aliphatic carbocycles. The van der Waals surface area contributed by atoms with Crippen molar-refractivity contribution in [1.82, 2.24) is 4.90 Å². The lowest BCUT2D eigenvalue weighted by Crippen LogP contribution is -2.36. The second kappa shape index (κ2) is 3.56. The highest BCUT2D eigenvalue weighted by Gasteiger charge is 2.24. The fraction of sp³-hybridized carbons (Fsp3) is 0.545. The number of rotatable bonds is 2. The van der Waals surface area contributed by atoms with Gasteiger partial charge in [0.2, 0.25) is 0 Å². The van der Waals surface area contributed by atoms with Gasteiger partial charge in [-0.1, -0.05) is 6.92 Å². The van der Waals surface area contributed by atoms with Crippen LogP contribution in [-0.4, -0.2) is 23.3 Å². The van der Waals surface area contributed by atoms with Crippen molar-refractivity contribution in [2.45, 2.75) is 38.8 Å². The first-order chi connectivity index (χ1) is 6.70. The third-order valence-corrected chi connectivity index (χ3v) is 2.85. The molecular formula is C11H15FN2. The molecule has 2 aliphatic rings. The zero-order valence-corrected chi connectivity index (χ0v) is 8.57. The van der Waals surface area contributed by atoms with Gasteiger partial charge in [-0.15, -0.1) is 0 Å². The lowest BCUT2D eigenvalue weighted by atomic mass is 10.0. The summed E-state index contributed by atoms with van der Waals surface area (Å²) in [6.07, 6.45) is 6.92. The summed E-state index contributed by atoms with van der Waals surface area (Å²) in [4.78, 5) is 6.37. The van der Waals surface area contributed by atoms with Gasteiger partial charge in [0.1, 0.15) is 5.83 Å². The summed E-state index contributed by atoms with van der Waals surface area (Å²) in [5.74, 6) is -0.151. The number of nitrogens with zero attached hydrogens (tertiary/aromatic N) is 2. The maximum atomic E-state index is 13.1. The van der Waals surface area contributed by atoms with Gasteiger partial charge in [-0.2, -0.15) is 0 Å². The van der Waals surface area contributed by atoms with Gasteiger partial charge in [-0.05, 0) is 25.5 Å². The zero-order chi connectivity index (χ0) is 10.1. The molecule has 0 unspecified atom stereocenters. The van der Waals surface area contributed by atoms with Crippen molar-refractivity contribution in [2.24, 2.45) is 4.99 Å². The molecule has 0 radical (unpaired) electrons. The van der Waals surface area contributed by atoms with Gasteiger partial charge >= 0.3 is 0 Å². The van der Waals surface area contributed by atoms with E-state index in [2.05, 4.69) is 23.7 Å². The van der Waals surface area contributed by atoms with E-state index in [9.17, 15) is 4.39 Å². The molecule has 2 bridgehead atoms. The molecular weight excluding hydrogens is 179 g/mol. The monoisotopic (exact) mass is 194 g/mol. The van der Waals surface area contributed by atoms with Gasteiger partial charge in [0.15, 0.2) is 0 Å². The van der Waals surface area contributed by atoms with E-state index in [0.717, 1.165) is 18.5 Å². The largest absolute Gasteiger partial charge is 0.334 e. The highest BCUT2D eigenvalue weighted by molar-refractivity contribution is 5.62. The minimum atomic E-state index is -0.151.